The molecule has 4 N–H and O–H groups in total. The van der Waals surface area contributed by atoms with Gasteiger partial charge in [0.05, 0.1) is 5.56 Å². The highest BCUT2D eigenvalue weighted by atomic mass is 19.4. The van der Waals surface area contributed by atoms with Gasteiger partial charge < -0.3 is 11.5 Å². The second-order valence-electron chi connectivity index (χ2n) is 4.51. The van der Waals surface area contributed by atoms with Crippen LogP contribution in [0, 0.1) is 0 Å². The van der Waals surface area contributed by atoms with Gasteiger partial charge in [-0.05, 0) is 24.1 Å². The van der Waals surface area contributed by atoms with E-state index in [2.05, 4.69) is 4.98 Å². The van der Waals surface area contributed by atoms with Gasteiger partial charge in [0, 0.05) is 29.7 Å². The van der Waals surface area contributed by atoms with Crippen LogP contribution in [0.5, 0.6) is 0 Å². The largest absolute Gasteiger partial charge is 0.416 e. The Hall–Kier alpha value is -2.08. The summed E-state index contributed by atoms with van der Waals surface area (Å²) in [6.45, 7) is 0. The second kappa shape index (κ2) is 5.50. The van der Waals surface area contributed by atoms with Gasteiger partial charge in [-0.25, -0.2) is 0 Å². The van der Waals surface area contributed by atoms with Gasteiger partial charge in [0.1, 0.15) is 0 Å². The van der Waals surface area contributed by atoms with Crippen molar-refractivity contribution in [1.29, 1.82) is 0 Å². The molecule has 0 bridgehead atoms. The number of hydrogen-bond donors (Lipinski definition) is 2. The second-order valence-corrected chi connectivity index (χ2v) is 4.51. The van der Waals surface area contributed by atoms with Crippen molar-refractivity contribution in [3.8, 4) is 0 Å². The van der Waals surface area contributed by atoms with E-state index in [0.29, 0.717) is 16.8 Å². The van der Waals surface area contributed by atoms with E-state index in [1.807, 2.05) is 0 Å². The van der Waals surface area contributed by atoms with Crippen molar-refractivity contribution in [3.63, 3.8) is 0 Å². The third-order valence-corrected chi connectivity index (χ3v) is 3.00. The number of halogens is 3. The summed E-state index contributed by atoms with van der Waals surface area (Å²) in [6, 6.07) is 6.24. The molecule has 0 saturated carbocycles. The van der Waals surface area contributed by atoms with Gasteiger partial charge in [-0.3, -0.25) is 4.98 Å². The van der Waals surface area contributed by atoms with E-state index in [-0.39, 0.29) is 6.42 Å². The van der Waals surface area contributed by atoms with Gasteiger partial charge in [-0.1, -0.05) is 18.2 Å². The fourth-order valence-corrected chi connectivity index (χ4v) is 1.97. The van der Waals surface area contributed by atoms with Crippen molar-refractivity contribution in [2.45, 2.75) is 18.6 Å². The molecule has 1 unspecified atom stereocenters. The number of alkyl halides is 3. The topological polar surface area (TPSA) is 64.9 Å². The van der Waals surface area contributed by atoms with Crippen molar-refractivity contribution in [2.75, 3.05) is 5.73 Å². The summed E-state index contributed by atoms with van der Waals surface area (Å²) in [7, 11) is 0. The number of aromatic nitrogens is 1. The van der Waals surface area contributed by atoms with Crippen LogP contribution in [0.4, 0.5) is 18.9 Å². The Bertz CT molecular complexity index is 596. The average molecular weight is 281 g/mol. The molecule has 0 fully saturated rings. The molecule has 0 aliphatic rings. The van der Waals surface area contributed by atoms with E-state index in [9.17, 15) is 13.2 Å². The lowest BCUT2D eigenvalue weighted by Gasteiger charge is -2.15. The van der Waals surface area contributed by atoms with Crippen LogP contribution in [0.25, 0.3) is 0 Å². The molecule has 0 aliphatic carbocycles. The lowest BCUT2D eigenvalue weighted by molar-refractivity contribution is -0.137. The van der Waals surface area contributed by atoms with E-state index in [1.54, 1.807) is 12.1 Å². The number of hydrogen-bond acceptors (Lipinski definition) is 3. The van der Waals surface area contributed by atoms with Crippen LogP contribution in [-0.4, -0.2) is 4.98 Å². The first-order valence-electron chi connectivity index (χ1n) is 5.99. The SMILES string of the molecule is Nc1ccncc1C(N)Cc1cccc(C(F)(F)F)c1. The fraction of sp³-hybridized carbons (Fsp3) is 0.214. The number of nitrogens with zero attached hydrogens (tertiary/aromatic N) is 1. The number of benzene rings is 1. The summed E-state index contributed by atoms with van der Waals surface area (Å²) in [4.78, 5) is 3.93. The Balaban J connectivity index is 2.20. The molecule has 0 saturated heterocycles. The molecule has 20 heavy (non-hydrogen) atoms. The van der Waals surface area contributed by atoms with E-state index < -0.39 is 17.8 Å². The van der Waals surface area contributed by atoms with E-state index in [0.717, 1.165) is 12.1 Å². The molecular weight excluding hydrogens is 267 g/mol. The minimum Gasteiger partial charge on any atom is -0.398 e. The Morgan fingerprint density at radius 1 is 1.20 bits per heavy atom. The third-order valence-electron chi connectivity index (χ3n) is 3.00. The molecule has 2 rings (SSSR count). The zero-order valence-corrected chi connectivity index (χ0v) is 10.6. The van der Waals surface area contributed by atoms with Crippen molar-refractivity contribution >= 4 is 5.69 Å². The van der Waals surface area contributed by atoms with Crippen LogP contribution in [0.3, 0.4) is 0 Å². The minimum absolute atomic E-state index is 0.264. The van der Waals surface area contributed by atoms with Crippen molar-refractivity contribution in [2.24, 2.45) is 5.73 Å². The highest BCUT2D eigenvalue weighted by Gasteiger charge is 2.30. The molecular formula is C14H14F3N3. The monoisotopic (exact) mass is 281 g/mol. The Kier molecular flexibility index (Phi) is 3.94. The lowest BCUT2D eigenvalue weighted by atomic mass is 9.98. The summed E-state index contributed by atoms with van der Waals surface area (Å²) in [5.41, 5.74) is 12.7. The normalized spacial score (nSPS) is 13.2. The maximum Gasteiger partial charge on any atom is 0.416 e. The maximum atomic E-state index is 12.6. The molecule has 2 aromatic rings. The van der Waals surface area contributed by atoms with Crippen molar-refractivity contribution in [1.82, 2.24) is 4.98 Å². The summed E-state index contributed by atoms with van der Waals surface area (Å²) < 4.78 is 37.9. The summed E-state index contributed by atoms with van der Waals surface area (Å²) >= 11 is 0. The van der Waals surface area contributed by atoms with Crippen LogP contribution >= 0.6 is 0 Å². The quantitative estimate of drug-likeness (QED) is 0.909. The number of rotatable bonds is 3. The maximum absolute atomic E-state index is 12.6. The van der Waals surface area contributed by atoms with Crippen LogP contribution < -0.4 is 11.5 Å². The molecule has 6 heteroatoms. The summed E-state index contributed by atoms with van der Waals surface area (Å²) in [6.07, 6.45) is -1.02. The molecule has 0 aliphatic heterocycles. The van der Waals surface area contributed by atoms with Gasteiger partial charge in [0.25, 0.3) is 0 Å². The van der Waals surface area contributed by atoms with Gasteiger partial charge in [0.2, 0.25) is 0 Å². The zero-order chi connectivity index (χ0) is 14.8. The highest BCUT2D eigenvalue weighted by molar-refractivity contribution is 5.46. The number of nitrogen functional groups attached to an aromatic ring is 1. The highest BCUT2D eigenvalue weighted by Crippen LogP contribution is 2.30. The molecule has 3 nitrogen and oxygen atoms in total. The molecule has 1 heterocycles. The summed E-state index contributed by atoms with van der Waals surface area (Å²) in [5, 5.41) is 0. The molecule has 0 spiro atoms. The molecule has 0 radical (unpaired) electrons. The molecule has 1 aromatic heterocycles. The van der Waals surface area contributed by atoms with Crippen LogP contribution in [-0.2, 0) is 12.6 Å². The zero-order valence-electron chi connectivity index (χ0n) is 10.6. The molecule has 1 atom stereocenters. The van der Waals surface area contributed by atoms with Gasteiger partial charge in [-0.2, -0.15) is 13.2 Å². The molecule has 106 valence electrons. The molecule has 0 amide bonds. The Morgan fingerprint density at radius 2 is 1.95 bits per heavy atom. The number of nitrogens with two attached hydrogens (primary N) is 2. The lowest BCUT2D eigenvalue weighted by Crippen LogP contribution is -2.16. The number of anilines is 1. The third kappa shape index (κ3) is 3.27. The first-order valence-corrected chi connectivity index (χ1v) is 5.99. The van der Waals surface area contributed by atoms with Crippen LogP contribution in [0.15, 0.2) is 42.7 Å². The van der Waals surface area contributed by atoms with E-state index in [1.165, 1.54) is 18.5 Å². The Labute approximate surface area is 114 Å². The van der Waals surface area contributed by atoms with Gasteiger partial charge in [-0.15, -0.1) is 0 Å². The first-order chi connectivity index (χ1) is 9.38. The van der Waals surface area contributed by atoms with E-state index >= 15 is 0 Å². The van der Waals surface area contributed by atoms with Crippen molar-refractivity contribution < 1.29 is 13.2 Å². The smallest absolute Gasteiger partial charge is 0.398 e. The van der Waals surface area contributed by atoms with Crippen LogP contribution in [0.1, 0.15) is 22.7 Å². The predicted octanol–water partition coefficient (Wildman–Crippen LogP) is 2.93. The average Bonchev–Trinajstić information content (AvgIpc) is 2.38. The predicted molar refractivity (Wildman–Crippen MR) is 70.7 cm³/mol. The van der Waals surface area contributed by atoms with Crippen LogP contribution in [0.2, 0.25) is 0 Å². The van der Waals surface area contributed by atoms with Gasteiger partial charge >= 0.3 is 6.18 Å². The molecule has 1 aromatic carbocycles. The standard InChI is InChI=1S/C14H14F3N3/c15-14(16,17)10-3-1-2-9(6-10)7-13(19)11-8-20-5-4-12(11)18/h1-6,8,13H,7,19H2,(H2,18,20). The van der Waals surface area contributed by atoms with Crippen molar-refractivity contribution in [3.05, 3.63) is 59.4 Å². The van der Waals surface area contributed by atoms with Gasteiger partial charge in [0.15, 0.2) is 0 Å². The van der Waals surface area contributed by atoms with E-state index in [4.69, 9.17) is 11.5 Å². The number of pyridine rings is 1. The Morgan fingerprint density at radius 3 is 2.60 bits per heavy atom. The minimum atomic E-state index is -4.35. The first kappa shape index (κ1) is 14.3. The summed E-state index contributed by atoms with van der Waals surface area (Å²) in [5.74, 6) is 0. The fourth-order valence-electron chi connectivity index (χ4n) is 1.97.